The highest BCUT2D eigenvalue weighted by Crippen LogP contribution is 2.32. The van der Waals surface area contributed by atoms with Crippen molar-refractivity contribution in [3.8, 4) is 0 Å². The van der Waals surface area contributed by atoms with Crippen molar-refractivity contribution in [2.24, 2.45) is 0 Å². The molecule has 0 spiro atoms. The van der Waals surface area contributed by atoms with E-state index in [-0.39, 0.29) is 11.3 Å². The number of thioether (sulfide) groups is 1. The van der Waals surface area contributed by atoms with Gasteiger partial charge in [0.15, 0.2) is 0 Å². The summed E-state index contributed by atoms with van der Waals surface area (Å²) in [7, 11) is 0. The number of aliphatic hydroxyl groups excluding tert-OH is 1. The molecular weight excluding hydrogens is 321 g/mol. The van der Waals surface area contributed by atoms with Crippen LogP contribution >= 0.6 is 23.4 Å². The smallest absolute Gasteiger partial charge is 0.388 e. The predicted molar refractivity (Wildman–Crippen MR) is 78.6 cm³/mol. The summed E-state index contributed by atoms with van der Waals surface area (Å²) in [6.07, 6.45) is -5.37. The molecule has 1 unspecified atom stereocenters. The summed E-state index contributed by atoms with van der Waals surface area (Å²) in [5.41, 5.74) is -0.498. The minimum atomic E-state index is -4.40. The molecule has 6 heteroatoms. The number of aliphatic hydroxyl groups is 1. The van der Waals surface area contributed by atoms with Crippen LogP contribution < -0.4 is 0 Å². The summed E-state index contributed by atoms with van der Waals surface area (Å²) < 4.78 is 37.9. The SMILES string of the molecule is OC(CSc1ccc(Cl)cc1)c1cccc(C(F)(F)F)c1. The number of hydrogen-bond acceptors (Lipinski definition) is 2. The molecule has 0 amide bonds. The Morgan fingerprint density at radius 3 is 2.38 bits per heavy atom. The van der Waals surface area contributed by atoms with Crippen molar-refractivity contribution in [1.29, 1.82) is 0 Å². The zero-order valence-electron chi connectivity index (χ0n) is 10.8. The van der Waals surface area contributed by atoms with Crippen molar-refractivity contribution in [3.05, 3.63) is 64.7 Å². The average molecular weight is 333 g/mol. The first-order valence-corrected chi connectivity index (χ1v) is 7.46. The van der Waals surface area contributed by atoms with Crippen LogP contribution in [0.15, 0.2) is 53.4 Å². The fourth-order valence-corrected chi connectivity index (χ4v) is 2.72. The maximum atomic E-state index is 12.6. The first kappa shape index (κ1) is 16.2. The van der Waals surface area contributed by atoms with Crippen molar-refractivity contribution >= 4 is 23.4 Å². The lowest BCUT2D eigenvalue weighted by Crippen LogP contribution is -2.07. The molecule has 2 rings (SSSR count). The van der Waals surface area contributed by atoms with Crippen LogP contribution in [0.3, 0.4) is 0 Å². The van der Waals surface area contributed by atoms with Crippen LogP contribution in [0.1, 0.15) is 17.2 Å². The third kappa shape index (κ3) is 4.66. The monoisotopic (exact) mass is 332 g/mol. The quantitative estimate of drug-likeness (QED) is 0.778. The van der Waals surface area contributed by atoms with Gasteiger partial charge in [0.2, 0.25) is 0 Å². The van der Waals surface area contributed by atoms with E-state index in [4.69, 9.17) is 11.6 Å². The van der Waals surface area contributed by atoms with Gasteiger partial charge in [-0.3, -0.25) is 0 Å². The molecule has 1 atom stereocenters. The number of halogens is 4. The second-order valence-corrected chi connectivity index (χ2v) is 5.93. The third-order valence-corrected chi connectivity index (χ3v) is 4.16. The molecule has 0 fully saturated rings. The van der Waals surface area contributed by atoms with Gasteiger partial charge in [-0.25, -0.2) is 0 Å². The van der Waals surface area contributed by atoms with E-state index in [0.29, 0.717) is 5.02 Å². The lowest BCUT2D eigenvalue weighted by molar-refractivity contribution is -0.137. The van der Waals surface area contributed by atoms with Crippen LogP contribution in [0.5, 0.6) is 0 Å². The van der Waals surface area contributed by atoms with Crippen LogP contribution in [0.4, 0.5) is 13.2 Å². The van der Waals surface area contributed by atoms with Crippen molar-refractivity contribution < 1.29 is 18.3 Å². The summed E-state index contributed by atoms with van der Waals surface area (Å²) in [6.45, 7) is 0. The lowest BCUT2D eigenvalue weighted by Gasteiger charge is -2.13. The van der Waals surface area contributed by atoms with E-state index in [0.717, 1.165) is 17.0 Å². The standard InChI is InChI=1S/C15H12ClF3OS/c16-12-4-6-13(7-5-12)21-9-14(20)10-2-1-3-11(8-10)15(17,18)19/h1-8,14,20H,9H2. The zero-order valence-corrected chi connectivity index (χ0v) is 12.3. The molecular formula is C15H12ClF3OS. The van der Waals surface area contributed by atoms with E-state index in [1.807, 2.05) is 0 Å². The van der Waals surface area contributed by atoms with Crippen molar-refractivity contribution in [1.82, 2.24) is 0 Å². The highest BCUT2D eigenvalue weighted by atomic mass is 35.5. The van der Waals surface area contributed by atoms with Gasteiger partial charge in [0.05, 0.1) is 11.7 Å². The number of alkyl halides is 3. The molecule has 112 valence electrons. The summed E-state index contributed by atoms with van der Waals surface area (Å²) in [5, 5.41) is 10.6. The number of rotatable bonds is 4. The second-order valence-electron chi connectivity index (χ2n) is 4.40. The van der Waals surface area contributed by atoms with Gasteiger partial charge < -0.3 is 5.11 Å². The minimum absolute atomic E-state index is 0.256. The molecule has 0 aliphatic heterocycles. The van der Waals surface area contributed by atoms with E-state index < -0.39 is 17.8 Å². The molecule has 0 aromatic heterocycles. The van der Waals surface area contributed by atoms with Gasteiger partial charge in [0.1, 0.15) is 0 Å². The number of benzene rings is 2. The molecule has 21 heavy (non-hydrogen) atoms. The average Bonchev–Trinajstić information content (AvgIpc) is 2.45. The summed E-state index contributed by atoms with van der Waals surface area (Å²) in [5.74, 6) is 0.267. The van der Waals surface area contributed by atoms with E-state index in [1.165, 1.54) is 23.9 Å². The molecule has 2 aromatic carbocycles. The number of hydrogen-bond donors (Lipinski definition) is 1. The van der Waals surface area contributed by atoms with Crippen molar-refractivity contribution in [2.75, 3.05) is 5.75 Å². The molecule has 0 aliphatic carbocycles. The Kier molecular flexibility index (Phi) is 5.19. The molecule has 0 aliphatic rings. The van der Waals surface area contributed by atoms with Crippen molar-refractivity contribution in [2.45, 2.75) is 17.2 Å². The van der Waals surface area contributed by atoms with Gasteiger partial charge in [-0.15, -0.1) is 11.8 Å². The molecule has 0 saturated heterocycles. The molecule has 0 radical (unpaired) electrons. The fraction of sp³-hybridized carbons (Fsp3) is 0.200. The van der Waals surface area contributed by atoms with Gasteiger partial charge in [-0.1, -0.05) is 23.7 Å². The van der Waals surface area contributed by atoms with E-state index >= 15 is 0 Å². The first-order chi connectivity index (χ1) is 9.86. The van der Waals surface area contributed by atoms with Crippen molar-refractivity contribution in [3.63, 3.8) is 0 Å². The largest absolute Gasteiger partial charge is 0.416 e. The van der Waals surface area contributed by atoms with Crippen LogP contribution in [0, 0.1) is 0 Å². The molecule has 1 N–H and O–H groups in total. The summed E-state index contributed by atoms with van der Waals surface area (Å²) >= 11 is 7.12. The highest BCUT2D eigenvalue weighted by Gasteiger charge is 2.30. The van der Waals surface area contributed by atoms with Gasteiger partial charge in [-0.2, -0.15) is 13.2 Å². The Bertz CT molecular complexity index is 599. The molecule has 2 aromatic rings. The Morgan fingerprint density at radius 1 is 1.10 bits per heavy atom. The van der Waals surface area contributed by atoms with Crippen LogP contribution in [0.25, 0.3) is 0 Å². The lowest BCUT2D eigenvalue weighted by atomic mass is 10.1. The Hall–Kier alpha value is -1.17. The first-order valence-electron chi connectivity index (χ1n) is 6.10. The zero-order chi connectivity index (χ0) is 15.5. The second kappa shape index (κ2) is 6.73. The van der Waals surface area contributed by atoms with E-state index in [1.54, 1.807) is 24.3 Å². The third-order valence-electron chi connectivity index (χ3n) is 2.82. The Morgan fingerprint density at radius 2 is 1.76 bits per heavy atom. The van der Waals surface area contributed by atoms with E-state index in [9.17, 15) is 18.3 Å². The van der Waals surface area contributed by atoms with Gasteiger partial charge in [0, 0.05) is 15.7 Å². The maximum Gasteiger partial charge on any atom is 0.416 e. The van der Waals surface area contributed by atoms with Crippen LogP contribution in [-0.2, 0) is 6.18 Å². The van der Waals surface area contributed by atoms with Gasteiger partial charge >= 0.3 is 6.18 Å². The summed E-state index contributed by atoms with van der Waals surface area (Å²) in [4.78, 5) is 0.894. The highest BCUT2D eigenvalue weighted by molar-refractivity contribution is 7.99. The normalized spacial score (nSPS) is 13.2. The molecule has 0 saturated carbocycles. The molecule has 0 heterocycles. The van der Waals surface area contributed by atoms with Crippen LogP contribution in [0.2, 0.25) is 5.02 Å². The van der Waals surface area contributed by atoms with E-state index in [2.05, 4.69) is 0 Å². The topological polar surface area (TPSA) is 20.2 Å². The molecule has 0 bridgehead atoms. The Labute approximate surface area is 129 Å². The summed E-state index contributed by atoms with van der Waals surface area (Å²) in [6, 6.07) is 11.8. The van der Waals surface area contributed by atoms with Crippen LogP contribution in [-0.4, -0.2) is 10.9 Å². The van der Waals surface area contributed by atoms with Gasteiger partial charge in [0.25, 0.3) is 0 Å². The Balaban J connectivity index is 2.03. The van der Waals surface area contributed by atoms with Gasteiger partial charge in [-0.05, 0) is 42.0 Å². The maximum absolute atomic E-state index is 12.6. The minimum Gasteiger partial charge on any atom is -0.388 e. The molecule has 1 nitrogen and oxygen atoms in total. The fourth-order valence-electron chi connectivity index (χ4n) is 1.72. The predicted octanol–water partition coefficient (Wildman–Crippen LogP) is 5.18.